The van der Waals surface area contributed by atoms with Crippen LogP contribution in [-0.4, -0.2) is 7.85 Å². The molecular weight excluding hydrogens is 523 g/mol. The van der Waals surface area contributed by atoms with Gasteiger partial charge in [-0.15, -0.1) is 0 Å². The van der Waals surface area contributed by atoms with E-state index < -0.39 is 0 Å². The lowest BCUT2D eigenvalue weighted by atomic mass is 9.82. The van der Waals surface area contributed by atoms with Crippen LogP contribution < -0.4 is 5.46 Å². The third-order valence-electron chi connectivity index (χ3n) is 8.03. The van der Waals surface area contributed by atoms with Gasteiger partial charge in [-0.2, -0.15) is 0 Å². The fourth-order valence-corrected chi connectivity index (χ4v) is 6.87. The Balaban J connectivity index is 1.48. The zero-order chi connectivity index (χ0) is 25.4. The molecule has 0 spiro atoms. The molecule has 38 heavy (non-hydrogen) atoms. The van der Waals surface area contributed by atoms with Crippen LogP contribution in [0.25, 0.3) is 75.8 Å². The van der Waals surface area contributed by atoms with Crippen molar-refractivity contribution in [3.63, 3.8) is 0 Å². The molecule has 0 nitrogen and oxygen atoms in total. The van der Waals surface area contributed by atoms with Gasteiger partial charge in [-0.25, -0.2) is 0 Å². The van der Waals surface area contributed by atoms with E-state index in [0.29, 0.717) is 0 Å². The minimum Gasteiger partial charge on any atom is -0.0812 e. The van der Waals surface area contributed by atoms with Crippen LogP contribution in [0.2, 0.25) is 0 Å². The molecular formula is C36H20BBr. The highest BCUT2D eigenvalue weighted by Gasteiger charge is 2.14. The highest BCUT2D eigenvalue weighted by molar-refractivity contribution is 9.10. The van der Waals surface area contributed by atoms with Crippen molar-refractivity contribution in [1.29, 1.82) is 0 Å². The zero-order valence-corrected chi connectivity index (χ0v) is 22.1. The Hall–Kier alpha value is -4.14. The lowest BCUT2D eigenvalue weighted by molar-refractivity contribution is 1.71. The van der Waals surface area contributed by atoms with E-state index in [-0.39, 0.29) is 0 Å². The third-order valence-corrected chi connectivity index (χ3v) is 8.89. The summed E-state index contributed by atoms with van der Waals surface area (Å²) in [6, 6.07) is 43.8. The molecule has 174 valence electrons. The van der Waals surface area contributed by atoms with Crippen LogP contribution in [0.4, 0.5) is 0 Å². The van der Waals surface area contributed by atoms with Crippen LogP contribution in [-0.2, 0) is 0 Å². The second-order valence-electron chi connectivity index (χ2n) is 10.1. The van der Waals surface area contributed by atoms with E-state index in [1.54, 1.807) is 0 Å². The smallest absolute Gasteiger partial charge is 0.0812 e. The molecule has 0 unspecified atom stereocenters. The van der Waals surface area contributed by atoms with Gasteiger partial charge in [0, 0.05) is 4.47 Å². The summed E-state index contributed by atoms with van der Waals surface area (Å²) >= 11 is 3.91. The van der Waals surface area contributed by atoms with Crippen molar-refractivity contribution in [1.82, 2.24) is 0 Å². The first kappa shape index (κ1) is 21.9. The van der Waals surface area contributed by atoms with E-state index in [9.17, 15) is 0 Å². The molecule has 8 rings (SSSR count). The van der Waals surface area contributed by atoms with Crippen molar-refractivity contribution < 1.29 is 0 Å². The molecule has 0 heterocycles. The summed E-state index contributed by atoms with van der Waals surface area (Å²) in [5.41, 5.74) is 3.24. The highest BCUT2D eigenvalue weighted by atomic mass is 79.9. The molecule has 0 bridgehead atoms. The minimum absolute atomic E-state index is 0.840. The van der Waals surface area contributed by atoms with Gasteiger partial charge in [-0.05, 0) is 116 Å². The van der Waals surface area contributed by atoms with Gasteiger partial charge in [0.1, 0.15) is 7.85 Å². The van der Waals surface area contributed by atoms with E-state index in [0.717, 1.165) is 20.7 Å². The van der Waals surface area contributed by atoms with Crippen molar-refractivity contribution in [3.8, 4) is 11.1 Å². The Morgan fingerprint density at radius 3 is 1.79 bits per heavy atom. The predicted molar refractivity (Wildman–Crippen MR) is 170 cm³/mol. The highest BCUT2D eigenvalue weighted by Crippen LogP contribution is 2.40. The Kier molecular flexibility index (Phi) is 4.72. The first-order valence-corrected chi connectivity index (χ1v) is 13.6. The summed E-state index contributed by atoms with van der Waals surface area (Å²) in [6.07, 6.45) is 0. The molecule has 0 aliphatic rings. The molecule has 0 saturated heterocycles. The van der Waals surface area contributed by atoms with Crippen molar-refractivity contribution in [3.05, 3.63) is 126 Å². The molecule has 2 heteroatoms. The van der Waals surface area contributed by atoms with E-state index in [1.165, 1.54) is 65.0 Å². The number of hydrogen-bond donors (Lipinski definition) is 0. The monoisotopic (exact) mass is 542 g/mol. The van der Waals surface area contributed by atoms with Crippen LogP contribution in [0.1, 0.15) is 0 Å². The number of hydrogen-bond acceptors (Lipinski definition) is 0. The normalized spacial score (nSPS) is 11.9. The van der Waals surface area contributed by atoms with Crippen molar-refractivity contribution in [2.24, 2.45) is 0 Å². The second-order valence-corrected chi connectivity index (χ2v) is 10.9. The summed E-state index contributed by atoms with van der Waals surface area (Å²) in [7, 11) is 6.82. The number of halogens is 1. The number of benzene rings is 8. The molecule has 0 amide bonds. The molecule has 0 aromatic heterocycles. The maximum Gasteiger partial charge on any atom is 0.115 e. The fraction of sp³-hybridized carbons (Fsp3) is 0. The molecule has 8 aromatic carbocycles. The average molecular weight is 543 g/mol. The molecule has 0 aliphatic carbocycles. The quantitative estimate of drug-likeness (QED) is 0.110. The Bertz CT molecular complexity index is 2260. The van der Waals surface area contributed by atoms with E-state index in [4.69, 9.17) is 7.85 Å². The van der Waals surface area contributed by atoms with Gasteiger partial charge in [-0.1, -0.05) is 103 Å². The Morgan fingerprint density at radius 2 is 1.00 bits per heavy atom. The lowest BCUT2D eigenvalue weighted by Crippen LogP contribution is -2.06. The molecule has 2 radical (unpaired) electrons. The van der Waals surface area contributed by atoms with Gasteiger partial charge in [0.2, 0.25) is 0 Å². The summed E-state index contributed by atoms with van der Waals surface area (Å²) in [6.45, 7) is 0. The molecule has 0 atom stereocenters. The van der Waals surface area contributed by atoms with Crippen LogP contribution in [0.15, 0.2) is 126 Å². The Morgan fingerprint density at radius 1 is 0.395 bits per heavy atom. The minimum atomic E-state index is 0.840. The summed E-state index contributed by atoms with van der Waals surface area (Å²) in [4.78, 5) is 0. The van der Waals surface area contributed by atoms with E-state index >= 15 is 0 Å². The summed E-state index contributed by atoms with van der Waals surface area (Å²) < 4.78 is 1.15. The molecule has 0 N–H and O–H groups in total. The standard InChI is InChI=1S/C36H20BBr/c37-35-25-9-3-1-7-22(25)18-32-28-12-6-5-11-27(28)31(20-34(32)35)24-14-13-21-15-16-29-33(30(21)17-24)19-23-8-2-4-10-26(23)36(29)38/h1-20H. The maximum atomic E-state index is 6.82. The lowest BCUT2D eigenvalue weighted by Gasteiger charge is -2.16. The molecule has 0 aliphatic heterocycles. The van der Waals surface area contributed by atoms with Gasteiger partial charge < -0.3 is 0 Å². The number of rotatable bonds is 1. The van der Waals surface area contributed by atoms with Crippen LogP contribution in [0.3, 0.4) is 0 Å². The van der Waals surface area contributed by atoms with Crippen molar-refractivity contribution >= 4 is 93.9 Å². The SMILES string of the molecule is [B]c1c2ccccc2cc2c1cc(-c1ccc3ccc4c(Br)c5ccccc5cc4c3c1)c1ccccc12. The van der Waals surface area contributed by atoms with Gasteiger partial charge in [0.25, 0.3) is 0 Å². The van der Waals surface area contributed by atoms with E-state index in [1.807, 2.05) is 0 Å². The predicted octanol–water partition coefficient (Wildman–Crippen LogP) is 9.83. The Labute approximate surface area is 230 Å². The van der Waals surface area contributed by atoms with Crippen LogP contribution in [0, 0.1) is 0 Å². The second kappa shape index (κ2) is 8.18. The molecule has 0 fully saturated rings. The topological polar surface area (TPSA) is 0 Å². The first-order chi connectivity index (χ1) is 18.7. The average Bonchev–Trinajstić information content (AvgIpc) is 2.97. The van der Waals surface area contributed by atoms with Gasteiger partial charge >= 0.3 is 0 Å². The molecule has 0 saturated carbocycles. The maximum absolute atomic E-state index is 6.82. The van der Waals surface area contributed by atoms with Gasteiger partial charge in [-0.3, -0.25) is 0 Å². The van der Waals surface area contributed by atoms with Gasteiger partial charge in [0.05, 0.1) is 0 Å². The first-order valence-electron chi connectivity index (χ1n) is 12.8. The van der Waals surface area contributed by atoms with E-state index in [2.05, 4.69) is 137 Å². The summed E-state index contributed by atoms with van der Waals surface area (Å²) in [5.74, 6) is 0. The van der Waals surface area contributed by atoms with Crippen molar-refractivity contribution in [2.75, 3.05) is 0 Å². The molecule has 8 aromatic rings. The number of fused-ring (bicyclic) bond motifs is 8. The largest absolute Gasteiger partial charge is 0.115 e. The van der Waals surface area contributed by atoms with Crippen LogP contribution >= 0.6 is 15.9 Å². The van der Waals surface area contributed by atoms with Crippen molar-refractivity contribution in [2.45, 2.75) is 0 Å². The van der Waals surface area contributed by atoms with Gasteiger partial charge in [0.15, 0.2) is 0 Å². The fourth-order valence-electron chi connectivity index (χ4n) is 6.16. The zero-order valence-electron chi connectivity index (χ0n) is 20.5. The third kappa shape index (κ3) is 3.11. The van der Waals surface area contributed by atoms with Crippen LogP contribution in [0.5, 0.6) is 0 Å². The summed E-state index contributed by atoms with van der Waals surface area (Å²) in [5, 5.41) is 14.5.